The number of aryl methyl sites for hydroxylation is 1. The molecule has 0 saturated carbocycles. The third kappa shape index (κ3) is 4.35. The molecule has 2 aromatic carbocycles. The van der Waals surface area contributed by atoms with Crippen molar-refractivity contribution >= 4 is 33.0 Å². The quantitative estimate of drug-likeness (QED) is 0.656. The first-order chi connectivity index (χ1) is 11.9. The molecule has 130 valence electrons. The van der Waals surface area contributed by atoms with E-state index in [1.165, 1.54) is 6.07 Å². The second-order valence-electron chi connectivity index (χ2n) is 5.53. The van der Waals surface area contributed by atoms with Crippen molar-refractivity contribution in [1.82, 2.24) is 0 Å². The first-order valence-electron chi connectivity index (χ1n) is 7.59. The van der Waals surface area contributed by atoms with Crippen molar-refractivity contribution in [2.45, 2.75) is 18.4 Å². The largest absolute Gasteiger partial charge is 0.467 e. The number of benzene rings is 2. The number of rotatable bonds is 6. The summed E-state index contributed by atoms with van der Waals surface area (Å²) < 4.78 is 32.7. The van der Waals surface area contributed by atoms with Gasteiger partial charge in [0.25, 0.3) is 10.0 Å². The number of hydrogen-bond acceptors (Lipinski definition) is 4. The molecule has 3 aromatic rings. The zero-order valence-electron chi connectivity index (χ0n) is 13.5. The molecule has 0 amide bonds. The van der Waals surface area contributed by atoms with Crippen molar-refractivity contribution in [3.05, 3.63) is 77.2 Å². The lowest BCUT2D eigenvalue weighted by Crippen LogP contribution is -2.13. The van der Waals surface area contributed by atoms with Crippen LogP contribution >= 0.6 is 11.6 Å². The van der Waals surface area contributed by atoms with Crippen molar-refractivity contribution < 1.29 is 12.8 Å². The predicted molar refractivity (Wildman–Crippen MR) is 99.5 cm³/mol. The highest BCUT2D eigenvalue weighted by molar-refractivity contribution is 7.92. The molecule has 0 radical (unpaired) electrons. The van der Waals surface area contributed by atoms with Crippen LogP contribution in [0.3, 0.4) is 0 Å². The Balaban J connectivity index is 1.68. The summed E-state index contributed by atoms with van der Waals surface area (Å²) in [5.74, 6) is 0.822. The predicted octanol–water partition coefficient (Wildman–Crippen LogP) is 4.65. The molecule has 0 aliphatic carbocycles. The van der Waals surface area contributed by atoms with E-state index in [2.05, 4.69) is 10.0 Å². The van der Waals surface area contributed by atoms with E-state index in [1.54, 1.807) is 49.6 Å². The molecule has 1 heterocycles. The molecule has 0 aliphatic heterocycles. The highest BCUT2D eigenvalue weighted by Crippen LogP contribution is 2.22. The van der Waals surface area contributed by atoms with Crippen molar-refractivity contribution in [3.8, 4) is 0 Å². The van der Waals surface area contributed by atoms with Crippen LogP contribution in [0.25, 0.3) is 0 Å². The molecule has 2 N–H and O–H groups in total. The Kier molecular flexibility index (Phi) is 5.01. The summed E-state index contributed by atoms with van der Waals surface area (Å²) in [6.45, 7) is 2.32. The number of anilines is 2. The fourth-order valence-corrected chi connectivity index (χ4v) is 3.52. The molecule has 3 rings (SSSR count). The van der Waals surface area contributed by atoms with Gasteiger partial charge in [0, 0.05) is 16.4 Å². The van der Waals surface area contributed by atoms with Crippen molar-refractivity contribution in [3.63, 3.8) is 0 Å². The summed E-state index contributed by atoms with van der Waals surface area (Å²) in [7, 11) is -3.66. The number of hydrogen-bond donors (Lipinski definition) is 2. The molecule has 1 aromatic heterocycles. The van der Waals surface area contributed by atoms with Crippen LogP contribution in [0.4, 0.5) is 11.4 Å². The van der Waals surface area contributed by atoms with Crippen LogP contribution in [0.15, 0.2) is 70.2 Å². The summed E-state index contributed by atoms with van der Waals surface area (Å²) in [6.07, 6.45) is 1.62. The van der Waals surface area contributed by atoms with E-state index >= 15 is 0 Å². The number of nitrogens with one attached hydrogen (secondary N) is 2. The van der Waals surface area contributed by atoms with E-state index in [4.69, 9.17) is 16.0 Å². The van der Waals surface area contributed by atoms with Gasteiger partial charge in [0.2, 0.25) is 0 Å². The molecule has 5 nitrogen and oxygen atoms in total. The third-order valence-corrected chi connectivity index (χ3v) is 5.43. The van der Waals surface area contributed by atoms with Crippen LogP contribution in [-0.2, 0) is 16.6 Å². The number of halogens is 1. The Hall–Kier alpha value is -2.44. The van der Waals surface area contributed by atoms with Gasteiger partial charge in [-0.15, -0.1) is 0 Å². The smallest absolute Gasteiger partial charge is 0.261 e. The third-order valence-electron chi connectivity index (χ3n) is 3.62. The monoisotopic (exact) mass is 376 g/mol. The molecule has 0 atom stereocenters. The molecule has 0 aliphatic rings. The Morgan fingerprint density at radius 2 is 1.76 bits per heavy atom. The maximum absolute atomic E-state index is 12.4. The van der Waals surface area contributed by atoms with Crippen LogP contribution in [0, 0.1) is 6.92 Å². The Bertz CT molecular complexity index is 952. The van der Waals surface area contributed by atoms with Gasteiger partial charge < -0.3 is 9.73 Å². The normalized spacial score (nSPS) is 11.3. The summed E-state index contributed by atoms with van der Waals surface area (Å²) in [5, 5.41) is 3.73. The first kappa shape index (κ1) is 17.4. The average Bonchev–Trinajstić information content (AvgIpc) is 3.10. The zero-order valence-corrected chi connectivity index (χ0v) is 15.1. The molecule has 0 bridgehead atoms. The Morgan fingerprint density at radius 3 is 2.40 bits per heavy atom. The van der Waals surface area contributed by atoms with Crippen LogP contribution in [0.2, 0.25) is 5.02 Å². The minimum absolute atomic E-state index is 0.175. The molecular formula is C18H17ClN2O3S. The van der Waals surface area contributed by atoms with Crippen molar-refractivity contribution in [1.29, 1.82) is 0 Å². The van der Waals surface area contributed by atoms with E-state index in [1.807, 2.05) is 12.1 Å². The summed E-state index contributed by atoms with van der Waals surface area (Å²) >= 11 is 5.95. The average molecular weight is 377 g/mol. The topological polar surface area (TPSA) is 71.3 Å². The summed E-state index contributed by atoms with van der Waals surface area (Å²) in [4.78, 5) is 0.175. The van der Waals surface area contributed by atoms with Gasteiger partial charge in [-0.25, -0.2) is 8.42 Å². The molecule has 0 unspecified atom stereocenters. The van der Waals surface area contributed by atoms with Crippen LogP contribution in [-0.4, -0.2) is 8.42 Å². The maximum atomic E-state index is 12.4. The zero-order chi connectivity index (χ0) is 17.9. The SMILES string of the molecule is Cc1cc(S(=O)(=O)Nc2ccc(NCc3ccco3)cc2)ccc1Cl. The fourth-order valence-electron chi connectivity index (χ4n) is 2.26. The van der Waals surface area contributed by atoms with Crippen LogP contribution in [0.5, 0.6) is 0 Å². The van der Waals surface area contributed by atoms with Crippen molar-refractivity contribution in [2.75, 3.05) is 10.0 Å². The lowest BCUT2D eigenvalue weighted by molar-refractivity contribution is 0.518. The maximum Gasteiger partial charge on any atom is 0.261 e. The van der Waals surface area contributed by atoms with Crippen LogP contribution in [0.1, 0.15) is 11.3 Å². The second kappa shape index (κ2) is 7.21. The summed E-state index contributed by atoms with van der Waals surface area (Å²) in [6, 6.07) is 15.3. The number of furan rings is 1. The fraction of sp³-hybridized carbons (Fsp3) is 0.111. The van der Waals surface area contributed by atoms with E-state index < -0.39 is 10.0 Å². The molecule has 0 fully saturated rings. The van der Waals surface area contributed by atoms with Gasteiger partial charge in [0.15, 0.2) is 0 Å². The number of sulfonamides is 1. The standard InChI is InChI=1S/C18H17ClN2O3S/c1-13-11-17(8-9-18(13)19)25(22,23)21-15-6-4-14(5-7-15)20-12-16-3-2-10-24-16/h2-11,20-21H,12H2,1H3. The van der Waals surface area contributed by atoms with Crippen molar-refractivity contribution in [2.24, 2.45) is 0 Å². The van der Waals surface area contributed by atoms with Crippen LogP contribution < -0.4 is 10.0 Å². The Morgan fingerprint density at radius 1 is 1.04 bits per heavy atom. The van der Waals surface area contributed by atoms with Gasteiger partial charge in [-0.05, 0) is 67.1 Å². The van der Waals surface area contributed by atoms with Gasteiger partial charge in [0.05, 0.1) is 17.7 Å². The molecule has 0 saturated heterocycles. The lowest BCUT2D eigenvalue weighted by Gasteiger charge is -2.10. The minimum Gasteiger partial charge on any atom is -0.467 e. The highest BCUT2D eigenvalue weighted by Gasteiger charge is 2.15. The Labute approximate surface area is 151 Å². The van der Waals surface area contributed by atoms with Gasteiger partial charge in [-0.1, -0.05) is 11.6 Å². The lowest BCUT2D eigenvalue weighted by atomic mass is 10.2. The van der Waals surface area contributed by atoms with Gasteiger partial charge in [-0.3, -0.25) is 4.72 Å². The second-order valence-corrected chi connectivity index (χ2v) is 7.62. The van der Waals surface area contributed by atoms with E-state index in [0.717, 1.165) is 11.4 Å². The molecular weight excluding hydrogens is 360 g/mol. The van der Waals surface area contributed by atoms with E-state index in [-0.39, 0.29) is 4.90 Å². The molecule has 25 heavy (non-hydrogen) atoms. The molecule has 0 spiro atoms. The van der Waals surface area contributed by atoms with E-state index in [9.17, 15) is 8.42 Å². The van der Waals surface area contributed by atoms with Gasteiger partial charge in [0.1, 0.15) is 5.76 Å². The van der Waals surface area contributed by atoms with Gasteiger partial charge in [-0.2, -0.15) is 0 Å². The van der Waals surface area contributed by atoms with Gasteiger partial charge >= 0.3 is 0 Å². The highest BCUT2D eigenvalue weighted by atomic mass is 35.5. The minimum atomic E-state index is -3.66. The summed E-state index contributed by atoms with van der Waals surface area (Å²) in [5.41, 5.74) is 2.06. The van der Waals surface area contributed by atoms with E-state index in [0.29, 0.717) is 22.8 Å². The molecule has 7 heteroatoms. The first-order valence-corrected chi connectivity index (χ1v) is 9.45.